The van der Waals surface area contributed by atoms with Crippen molar-refractivity contribution in [2.24, 2.45) is 5.41 Å². The predicted molar refractivity (Wildman–Crippen MR) is 80.5 cm³/mol. The van der Waals surface area contributed by atoms with Crippen LogP contribution in [0.1, 0.15) is 63.0 Å². The molecule has 0 aliphatic heterocycles. The molecule has 100 valence electrons. The van der Waals surface area contributed by atoms with Crippen LogP contribution in [0.25, 0.3) is 0 Å². The van der Waals surface area contributed by atoms with E-state index in [2.05, 4.69) is 38.1 Å². The van der Waals surface area contributed by atoms with Gasteiger partial charge in [0.15, 0.2) is 0 Å². The van der Waals surface area contributed by atoms with Gasteiger partial charge in [-0.15, -0.1) is 11.6 Å². The Bertz CT molecular complexity index is 358. The van der Waals surface area contributed by atoms with Gasteiger partial charge in [0.25, 0.3) is 0 Å². The largest absolute Gasteiger partial charge is 0.126 e. The topological polar surface area (TPSA) is 0 Å². The standard InChI is InChI=1S/C17H25Cl/c1-14(2)16-8-6-15(7-9-16)12-17(13-18)10-4-3-5-11-17/h6-9,14H,3-5,10-13H2,1-2H3. The number of alkyl halides is 1. The number of hydrogen-bond donors (Lipinski definition) is 0. The quantitative estimate of drug-likeness (QED) is 0.626. The number of benzene rings is 1. The van der Waals surface area contributed by atoms with Crippen molar-refractivity contribution >= 4 is 11.6 Å². The molecule has 1 aliphatic carbocycles. The highest BCUT2D eigenvalue weighted by molar-refractivity contribution is 6.18. The summed E-state index contributed by atoms with van der Waals surface area (Å²) in [4.78, 5) is 0. The van der Waals surface area contributed by atoms with E-state index >= 15 is 0 Å². The monoisotopic (exact) mass is 264 g/mol. The van der Waals surface area contributed by atoms with E-state index in [1.807, 2.05) is 0 Å². The molecule has 1 aliphatic rings. The SMILES string of the molecule is CC(C)c1ccc(CC2(CCl)CCCCC2)cc1. The summed E-state index contributed by atoms with van der Waals surface area (Å²) >= 11 is 6.27. The van der Waals surface area contributed by atoms with Gasteiger partial charge in [0, 0.05) is 5.88 Å². The van der Waals surface area contributed by atoms with Crippen molar-refractivity contribution < 1.29 is 0 Å². The van der Waals surface area contributed by atoms with Crippen LogP contribution in [0.15, 0.2) is 24.3 Å². The van der Waals surface area contributed by atoms with E-state index < -0.39 is 0 Å². The van der Waals surface area contributed by atoms with E-state index in [-0.39, 0.29) is 0 Å². The minimum Gasteiger partial charge on any atom is -0.126 e. The van der Waals surface area contributed by atoms with Crippen LogP contribution in [-0.2, 0) is 6.42 Å². The Hall–Kier alpha value is -0.490. The Kier molecular flexibility index (Phi) is 4.72. The van der Waals surface area contributed by atoms with E-state index in [4.69, 9.17) is 11.6 Å². The fourth-order valence-corrected chi connectivity index (χ4v) is 3.47. The molecule has 0 aromatic heterocycles. The summed E-state index contributed by atoms with van der Waals surface area (Å²) in [5, 5.41) is 0. The summed E-state index contributed by atoms with van der Waals surface area (Å²) in [5.41, 5.74) is 3.27. The third-order valence-electron chi connectivity index (χ3n) is 4.42. The molecule has 0 N–H and O–H groups in total. The summed E-state index contributed by atoms with van der Waals surface area (Å²) < 4.78 is 0. The van der Waals surface area contributed by atoms with E-state index in [1.165, 1.54) is 43.2 Å². The molecular weight excluding hydrogens is 240 g/mol. The van der Waals surface area contributed by atoms with Crippen molar-refractivity contribution in [3.8, 4) is 0 Å². The highest BCUT2D eigenvalue weighted by atomic mass is 35.5. The molecule has 1 heteroatoms. The molecular formula is C17H25Cl. The lowest BCUT2D eigenvalue weighted by Crippen LogP contribution is -2.28. The van der Waals surface area contributed by atoms with Crippen molar-refractivity contribution in [2.75, 3.05) is 5.88 Å². The Morgan fingerprint density at radius 1 is 1.06 bits per heavy atom. The van der Waals surface area contributed by atoms with Gasteiger partial charge in [0.1, 0.15) is 0 Å². The summed E-state index contributed by atoms with van der Waals surface area (Å²) in [7, 11) is 0. The van der Waals surface area contributed by atoms with Crippen LogP contribution in [0, 0.1) is 5.41 Å². The lowest BCUT2D eigenvalue weighted by atomic mass is 9.72. The van der Waals surface area contributed by atoms with Crippen molar-refractivity contribution in [2.45, 2.75) is 58.3 Å². The molecule has 1 saturated carbocycles. The van der Waals surface area contributed by atoms with E-state index in [1.54, 1.807) is 0 Å². The Balaban J connectivity index is 2.07. The fraction of sp³-hybridized carbons (Fsp3) is 0.647. The first-order valence-electron chi connectivity index (χ1n) is 7.30. The van der Waals surface area contributed by atoms with Crippen LogP contribution < -0.4 is 0 Å². The second-order valence-electron chi connectivity index (χ2n) is 6.27. The van der Waals surface area contributed by atoms with Crippen LogP contribution in [0.3, 0.4) is 0 Å². The maximum atomic E-state index is 6.27. The summed E-state index contributed by atoms with van der Waals surface area (Å²) in [5.74, 6) is 1.44. The highest BCUT2D eigenvalue weighted by Gasteiger charge is 2.31. The van der Waals surface area contributed by atoms with Crippen molar-refractivity contribution in [1.82, 2.24) is 0 Å². The van der Waals surface area contributed by atoms with Gasteiger partial charge in [-0.3, -0.25) is 0 Å². The van der Waals surface area contributed by atoms with E-state index in [0.717, 1.165) is 12.3 Å². The maximum Gasteiger partial charge on any atom is 0.0283 e. The van der Waals surface area contributed by atoms with E-state index in [9.17, 15) is 0 Å². The molecule has 0 nitrogen and oxygen atoms in total. The molecule has 1 aromatic rings. The predicted octanol–water partition coefficient (Wildman–Crippen LogP) is 5.54. The summed E-state index contributed by atoms with van der Waals surface area (Å²) in [6, 6.07) is 9.17. The summed E-state index contributed by atoms with van der Waals surface area (Å²) in [6.45, 7) is 4.49. The van der Waals surface area contributed by atoms with Gasteiger partial charge in [-0.1, -0.05) is 57.4 Å². The van der Waals surface area contributed by atoms with E-state index in [0.29, 0.717) is 11.3 Å². The maximum absolute atomic E-state index is 6.27. The third kappa shape index (κ3) is 3.29. The van der Waals surface area contributed by atoms with Crippen LogP contribution in [0.4, 0.5) is 0 Å². The first-order valence-corrected chi connectivity index (χ1v) is 7.83. The molecule has 0 spiro atoms. The Morgan fingerprint density at radius 3 is 2.17 bits per heavy atom. The van der Waals surface area contributed by atoms with Crippen LogP contribution in [0.2, 0.25) is 0 Å². The molecule has 18 heavy (non-hydrogen) atoms. The average molecular weight is 265 g/mol. The van der Waals surface area contributed by atoms with Crippen LogP contribution >= 0.6 is 11.6 Å². The Labute approximate surface area is 117 Å². The van der Waals surface area contributed by atoms with Gasteiger partial charge in [-0.2, -0.15) is 0 Å². The lowest BCUT2D eigenvalue weighted by Gasteiger charge is -2.35. The van der Waals surface area contributed by atoms with Crippen LogP contribution in [-0.4, -0.2) is 5.88 Å². The smallest absolute Gasteiger partial charge is 0.0283 e. The second-order valence-corrected chi connectivity index (χ2v) is 6.53. The molecule has 0 radical (unpaired) electrons. The molecule has 2 rings (SSSR count). The minimum atomic E-state index is 0.374. The molecule has 0 heterocycles. The number of hydrogen-bond acceptors (Lipinski definition) is 0. The van der Waals surface area contributed by atoms with Crippen molar-refractivity contribution in [3.05, 3.63) is 35.4 Å². The molecule has 0 unspecified atom stereocenters. The molecule has 1 fully saturated rings. The van der Waals surface area contributed by atoms with Crippen LogP contribution in [0.5, 0.6) is 0 Å². The molecule has 0 bridgehead atoms. The average Bonchev–Trinajstić information content (AvgIpc) is 2.40. The van der Waals surface area contributed by atoms with Gasteiger partial charge in [0.2, 0.25) is 0 Å². The van der Waals surface area contributed by atoms with Crippen molar-refractivity contribution in [1.29, 1.82) is 0 Å². The first kappa shape index (κ1) is 13.9. The first-order chi connectivity index (χ1) is 8.65. The molecule has 1 aromatic carbocycles. The zero-order valence-electron chi connectivity index (χ0n) is 11.7. The lowest BCUT2D eigenvalue weighted by molar-refractivity contribution is 0.219. The van der Waals surface area contributed by atoms with Gasteiger partial charge in [0.05, 0.1) is 0 Å². The molecule has 0 saturated heterocycles. The third-order valence-corrected chi connectivity index (χ3v) is 4.99. The number of rotatable bonds is 4. The van der Waals surface area contributed by atoms with Gasteiger partial charge in [-0.05, 0) is 41.7 Å². The van der Waals surface area contributed by atoms with Gasteiger partial charge < -0.3 is 0 Å². The highest BCUT2D eigenvalue weighted by Crippen LogP contribution is 2.40. The summed E-state index contributed by atoms with van der Waals surface area (Å²) in [6.07, 6.45) is 7.89. The second kappa shape index (κ2) is 6.10. The van der Waals surface area contributed by atoms with Crippen molar-refractivity contribution in [3.63, 3.8) is 0 Å². The minimum absolute atomic E-state index is 0.374. The normalized spacial score (nSPS) is 19.1. The molecule has 0 atom stereocenters. The molecule has 0 amide bonds. The van der Waals surface area contributed by atoms with Gasteiger partial charge >= 0.3 is 0 Å². The fourth-order valence-electron chi connectivity index (χ4n) is 3.11. The van der Waals surface area contributed by atoms with Gasteiger partial charge in [-0.25, -0.2) is 0 Å². The number of halogens is 1. The zero-order chi connectivity index (χ0) is 13.0. The zero-order valence-corrected chi connectivity index (χ0v) is 12.5. The Morgan fingerprint density at radius 2 is 1.67 bits per heavy atom.